The van der Waals surface area contributed by atoms with Gasteiger partial charge in [0.2, 0.25) is 0 Å². The molecule has 1 unspecified atom stereocenters. The number of nitrogens with zero attached hydrogens (tertiary/aromatic N) is 3. The number of hydrogen-bond donors (Lipinski definition) is 2. The van der Waals surface area contributed by atoms with Crippen LogP contribution >= 0.6 is 39.9 Å². The van der Waals surface area contributed by atoms with Gasteiger partial charge in [-0.25, -0.2) is 0 Å². The highest BCUT2D eigenvalue weighted by Crippen LogP contribution is 2.24. The highest BCUT2D eigenvalue weighted by molar-refractivity contribution is 14.0. The third kappa shape index (κ3) is 7.40. The maximum atomic E-state index is 5.39. The smallest absolute Gasteiger partial charge is 0.191 e. The molecule has 2 fully saturated rings. The topological polar surface area (TPSA) is 52.1 Å². The zero-order chi connectivity index (χ0) is 18.2. The molecule has 0 amide bonds. The normalized spacial score (nSPS) is 21.0. The van der Waals surface area contributed by atoms with E-state index in [1.165, 1.54) is 12.1 Å². The van der Waals surface area contributed by atoms with Crippen molar-refractivity contribution in [3.63, 3.8) is 0 Å². The minimum Gasteiger partial charge on any atom is -0.379 e. The lowest BCUT2D eigenvalue weighted by molar-refractivity contribution is 0.0389. The summed E-state index contributed by atoms with van der Waals surface area (Å²) in [5.41, 5.74) is 1.31. The van der Waals surface area contributed by atoms with Crippen molar-refractivity contribution in [1.82, 2.24) is 15.5 Å². The summed E-state index contributed by atoms with van der Waals surface area (Å²) >= 11 is 3.50. The summed E-state index contributed by atoms with van der Waals surface area (Å²) < 4.78 is 6.52. The first kappa shape index (κ1) is 22.7. The number of halogens is 2. The molecule has 2 aliphatic rings. The molecule has 0 saturated carbocycles. The van der Waals surface area contributed by atoms with E-state index in [1.54, 1.807) is 0 Å². The number of benzene rings is 1. The molecule has 0 spiro atoms. The van der Waals surface area contributed by atoms with E-state index < -0.39 is 0 Å². The molecule has 2 heterocycles. The van der Waals surface area contributed by atoms with Gasteiger partial charge in [0.1, 0.15) is 0 Å². The molecule has 3 rings (SSSR count). The number of hydrogen-bond acceptors (Lipinski definition) is 4. The Hall–Kier alpha value is -0.580. The van der Waals surface area contributed by atoms with E-state index in [4.69, 9.17) is 4.74 Å². The molecular formula is C19H31BrIN5O. The van der Waals surface area contributed by atoms with Crippen molar-refractivity contribution < 1.29 is 4.74 Å². The Morgan fingerprint density at radius 2 is 1.93 bits per heavy atom. The molecule has 0 aromatic heterocycles. The number of guanidine groups is 1. The molecular weight excluding hydrogens is 521 g/mol. The van der Waals surface area contributed by atoms with E-state index in [9.17, 15) is 0 Å². The van der Waals surface area contributed by atoms with Crippen LogP contribution in [0.5, 0.6) is 0 Å². The lowest BCUT2D eigenvalue weighted by Gasteiger charge is -2.26. The fraction of sp³-hybridized carbons (Fsp3) is 0.632. The van der Waals surface area contributed by atoms with E-state index in [0.717, 1.165) is 69.5 Å². The Morgan fingerprint density at radius 1 is 1.19 bits per heavy atom. The van der Waals surface area contributed by atoms with Crippen LogP contribution in [0.3, 0.4) is 0 Å². The molecule has 0 aliphatic carbocycles. The Balaban J connectivity index is 0.00000261. The van der Waals surface area contributed by atoms with Crippen LogP contribution in [0.4, 0.5) is 5.69 Å². The number of anilines is 1. The number of rotatable bonds is 6. The second kappa shape index (κ2) is 12.1. The minimum absolute atomic E-state index is 0. The summed E-state index contributed by atoms with van der Waals surface area (Å²) in [6, 6.07) is 8.60. The molecule has 1 aromatic rings. The predicted octanol–water partition coefficient (Wildman–Crippen LogP) is 2.39. The quantitative estimate of drug-likeness (QED) is 0.323. The summed E-state index contributed by atoms with van der Waals surface area (Å²) in [6.07, 6.45) is 1.22. The second-order valence-corrected chi connectivity index (χ2v) is 7.83. The zero-order valence-electron chi connectivity index (χ0n) is 16.0. The van der Waals surface area contributed by atoms with Crippen molar-refractivity contribution in [2.45, 2.75) is 6.42 Å². The molecule has 2 aliphatic heterocycles. The first-order valence-electron chi connectivity index (χ1n) is 9.50. The van der Waals surface area contributed by atoms with Crippen molar-refractivity contribution in [3.8, 4) is 0 Å². The third-order valence-corrected chi connectivity index (χ3v) is 5.61. The van der Waals surface area contributed by atoms with Crippen LogP contribution in [-0.2, 0) is 4.74 Å². The van der Waals surface area contributed by atoms with Crippen molar-refractivity contribution in [3.05, 3.63) is 28.7 Å². The summed E-state index contributed by atoms with van der Waals surface area (Å²) in [5.74, 6) is 1.55. The average Bonchev–Trinajstić information content (AvgIpc) is 3.15. The van der Waals surface area contributed by atoms with E-state index in [1.807, 2.05) is 7.05 Å². The predicted molar refractivity (Wildman–Crippen MR) is 127 cm³/mol. The van der Waals surface area contributed by atoms with E-state index in [2.05, 4.69) is 65.6 Å². The van der Waals surface area contributed by atoms with E-state index in [0.29, 0.717) is 5.92 Å². The van der Waals surface area contributed by atoms with Gasteiger partial charge >= 0.3 is 0 Å². The van der Waals surface area contributed by atoms with Crippen LogP contribution in [-0.4, -0.2) is 76.9 Å². The van der Waals surface area contributed by atoms with Gasteiger partial charge in [-0.2, -0.15) is 0 Å². The highest BCUT2D eigenvalue weighted by Gasteiger charge is 2.22. The minimum atomic E-state index is 0. The van der Waals surface area contributed by atoms with Crippen molar-refractivity contribution >= 4 is 51.6 Å². The number of nitrogens with one attached hydrogen (secondary N) is 2. The van der Waals surface area contributed by atoms with Crippen LogP contribution < -0.4 is 15.5 Å². The molecule has 0 radical (unpaired) electrons. The van der Waals surface area contributed by atoms with Gasteiger partial charge in [0, 0.05) is 63.0 Å². The SMILES string of the molecule is CN=C(NCCN1CCOCC1)NCC1CCN(c2ccc(Br)cc2)C1.I. The summed E-state index contributed by atoms with van der Waals surface area (Å²) in [5, 5.41) is 6.92. The van der Waals surface area contributed by atoms with Crippen LogP contribution in [0, 0.1) is 5.92 Å². The molecule has 8 heteroatoms. The Kier molecular flexibility index (Phi) is 10.2. The van der Waals surface area contributed by atoms with Gasteiger partial charge < -0.3 is 20.3 Å². The number of ether oxygens (including phenoxy) is 1. The highest BCUT2D eigenvalue weighted by atomic mass is 127. The maximum absolute atomic E-state index is 5.39. The molecule has 1 aromatic carbocycles. The largest absolute Gasteiger partial charge is 0.379 e. The van der Waals surface area contributed by atoms with Crippen LogP contribution in [0.2, 0.25) is 0 Å². The Morgan fingerprint density at radius 3 is 2.63 bits per heavy atom. The first-order chi connectivity index (χ1) is 12.7. The first-order valence-corrected chi connectivity index (χ1v) is 10.3. The molecule has 1 atom stereocenters. The average molecular weight is 552 g/mol. The standard InChI is InChI=1S/C19H30BrN5O.HI/c1-21-19(22-7-9-24-10-12-26-13-11-24)23-14-16-6-8-25(15-16)18-4-2-17(20)3-5-18;/h2-5,16H,6-15H2,1H3,(H2,21,22,23);1H. The lowest BCUT2D eigenvalue weighted by Crippen LogP contribution is -2.45. The van der Waals surface area contributed by atoms with Gasteiger partial charge in [0.05, 0.1) is 13.2 Å². The van der Waals surface area contributed by atoms with Crippen LogP contribution in [0.15, 0.2) is 33.7 Å². The Bertz CT molecular complexity index is 580. The fourth-order valence-corrected chi connectivity index (χ4v) is 3.77. The van der Waals surface area contributed by atoms with E-state index in [-0.39, 0.29) is 24.0 Å². The molecule has 27 heavy (non-hydrogen) atoms. The summed E-state index contributed by atoms with van der Waals surface area (Å²) in [7, 11) is 1.84. The summed E-state index contributed by atoms with van der Waals surface area (Å²) in [4.78, 5) is 9.24. The van der Waals surface area contributed by atoms with Crippen molar-refractivity contribution in [2.24, 2.45) is 10.9 Å². The van der Waals surface area contributed by atoms with Gasteiger partial charge in [0.25, 0.3) is 0 Å². The fourth-order valence-electron chi connectivity index (χ4n) is 3.50. The second-order valence-electron chi connectivity index (χ2n) is 6.91. The van der Waals surface area contributed by atoms with Crippen molar-refractivity contribution in [1.29, 1.82) is 0 Å². The van der Waals surface area contributed by atoms with Crippen molar-refractivity contribution in [2.75, 3.05) is 71.0 Å². The van der Waals surface area contributed by atoms with E-state index >= 15 is 0 Å². The third-order valence-electron chi connectivity index (χ3n) is 5.08. The lowest BCUT2D eigenvalue weighted by atomic mass is 10.1. The number of aliphatic imine (C=N–C) groups is 1. The van der Waals surface area contributed by atoms with Gasteiger partial charge in [-0.15, -0.1) is 24.0 Å². The molecule has 152 valence electrons. The van der Waals surface area contributed by atoms with Gasteiger partial charge in [0.15, 0.2) is 5.96 Å². The van der Waals surface area contributed by atoms with Crippen LogP contribution in [0.25, 0.3) is 0 Å². The Labute approximate surface area is 188 Å². The maximum Gasteiger partial charge on any atom is 0.191 e. The zero-order valence-corrected chi connectivity index (χ0v) is 19.9. The molecule has 2 saturated heterocycles. The van der Waals surface area contributed by atoms with Gasteiger partial charge in [-0.1, -0.05) is 15.9 Å². The monoisotopic (exact) mass is 551 g/mol. The molecule has 0 bridgehead atoms. The summed E-state index contributed by atoms with van der Waals surface area (Å²) in [6.45, 7) is 8.89. The molecule has 2 N–H and O–H groups in total. The van der Waals surface area contributed by atoms with Crippen LogP contribution in [0.1, 0.15) is 6.42 Å². The van der Waals surface area contributed by atoms with Gasteiger partial charge in [-0.05, 0) is 36.6 Å². The molecule has 6 nitrogen and oxygen atoms in total. The number of morpholine rings is 1. The van der Waals surface area contributed by atoms with Gasteiger partial charge in [-0.3, -0.25) is 9.89 Å².